The van der Waals surface area contributed by atoms with Gasteiger partial charge in [0.05, 0.1) is 12.8 Å². The van der Waals surface area contributed by atoms with E-state index in [1.165, 1.54) is 6.20 Å². The first-order valence-corrected chi connectivity index (χ1v) is 4.80. The van der Waals surface area contributed by atoms with Gasteiger partial charge in [0.2, 0.25) is 6.10 Å². The summed E-state index contributed by atoms with van der Waals surface area (Å²) in [6, 6.07) is 0. The molecule has 6 heteroatoms. The Balaban J connectivity index is 2.67. The molecule has 0 amide bonds. The number of ether oxygens (including phenoxy) is 1. The molecule has 1 unspecified atom stereocenters. The molecule has 0 bridgehead atoms. The van der Waals surface area contributed by atoms with Gasteiger partial charge in [-0.05, 0) is 6.92 Å². The Morgan fingerprint density at radius 2 is 2.62 bits per heavy atom. The second-order valence-corrected chi connectivity index (χ2v) is 3.85. The van der Waals surface area contributed by atoms with Crippen LogP contribution in [0.15, 0.2) is 6.20 Å². The van der Waals surface area contributed by atoms with E-state index in [1.807, 2.05) is 0 Å². The number of carbonyl (C=O) groups is 1. The van der Waals surface area contributed by atoms with Crippen LogP contribution >= 0.6 is 22.9 Å². The quantitative estimate of drug-likeness (QED) is 0.784. The predicted molar refractivity (Wildman–Crippen MR) is 48.7 cm³/mol. The lowest BCUT2D eigenvalue weighted by Gasteiger charge is -2.05. The molecule has 1 aromatic heterocycles. The molecule has 0 fully saturated rings. The number of halogens is 1. The van der Waals surface area contributed by atoms with E-state index >= 15 is 0 Å². The number of carbonyl (C=O) groups excluding carboxylic acids is 1. The Bertz CT molecular complexity index is 302. The zero-order chi connectivity index (χ0) is 9.84. The average Bonchev–Trinajstić information content (AvgIpc) is 2.51. The maximum absolute atomic E-state index is 11.0. The van der Waals surface area contributed by atoms with Crippen molar-refractivity contribution in [3.05, 3.63) is 15.5 Å². The first-order valence-electron chi connectivity index (χ1n) is 3.61. The van der Waals surface area contributed by atoms with E-state index < -0.39 is 12.1 Å². The molecule has 0 saturated carbocycles. The van der Waals surface area contributed by atoms with Crippen molar-refractivity contribution in [2.75, 3.05) is 6.61 Å². The lowest BCUT2D eigenvalue weighted by Crippen LogP contribution is -2.14. The third-order valence-electron chi connectivity index (χ3n) is 1.24. The van der Waals surface area contributed by atoms with Gasteiger partial charge in [0, 0.05) is 0 Å². The minimum Gasteiger partial charge on any atom is -0.464 e. The van der Waals surface area contributed by atoms with Crippen LogP contribution in [-0.4, -0.2) is 22.7 Å². The van der Waals surface area contributed by atoms with Crippen LogP contribution in [0.3, 0.4) is 0 Å². The monoisotopic (exact) mass is 221 g/mol. The van der Waals surface area contributed by atoms with E-state index in [-0.39, 0.29) is 11.6 Å². The van der Waals surface area contributed by atoms with Gasteiger partial charge < -0.3 is 9.84 Å². The molecule has 1 N–H and O–H groups in total. The van der Waals surface area contributed by atoms with Crippen molar-refractivity contribution in [2.45, 2.75) is 13.0 Å². The van der Waals surface area contributed by atoms with Crippen LogP contribution in [0.4, 0.5) is 0 Å². The average molecular weight is 222 g/mol. The summed E-state index contributed by atoms with van der Waals surface area (Å²) in [6.07, 6.45) is 0.0572. The summed E-state index contributed by atoms with van der Waals surface area (Å²) < 4.78 is 5.03. The molecule has 4 nitrogen and oxygen atoms in total. The second-order valence-electron chi connectivity index (χ2n) is 2.16. The molecule has 72 valence electrons. The molecule has 1 aromatic rings. The Morgan fingerprint density at radius 1 is 1.92 bits per heavy atom. The minimum absolute atomic E-state index is 0.231. The number of aliphatic hydroxyl groups is 1. The van der Waals surface area contributed by atoms with Gasteiger partial charge in [-0.15, -0.1) is 11.3 Å². The van der Waals surface area contributed by atoms with Crippen LogP contribution in [0.1, 0.15) is 18.0 Å². The molecule has 0 aromatic carbocycles. The second kappa shape index (κ2) is 4.55. The van der Waals surface area contributed by atoms with Crippen molar-refractivity contribution < 1.29 is 14.6 Å². The van der Waals surface area contributed by atoms with Gasteiger partial charge in [0.25, 0.3) is 0 Å². The van der Waals surface area contributed by atoms with Crippen molar-refractivity contribution >= 4 is 28.9 Å². The summed E-state index contributed by atoms with van der Waals surface area (Å²) in [5.74, 6) is -0.700. The maximum Gasteiger partial charge on any atom is 0.342 e. The van der Waals surface area contributed by atoms with Crippen molar-refractivity contribution in [3.8, 4) is 0 Å². The number of hydrogen-bond donors (Lipinski definition) is 1. The van der Waals surface area contributed by atoms with Crippen LogP contribution < -0.4 is 0 Å². The molecule has 0 spiro atoms. The van der Waals surface area contributed by atoms with Crippen LogP contribution in [0.25, 0.3) is 0 Å². The van der Waals surface area contributed by atoms with Crippen molar-refractivity contribution in [1.29, 1.82) is 0 Å². The molecule has 0 aliphatic heterocycles. The summed E-state index contributed by atoms with van der Waals surface area (Å²) in [5.41, 5.74) is 0. The summed E-state index contributed by atoms with van der Waals surface area (Å²) in [6.45, 7) is 1.90. The summed E-state index contributed by atoms with van der Waals surface area (Å²) in [4.78, 5) is 14.8. The highest BCUT2D eigenvalue weighted by atomic mass is 35.5. The van der Waals surface area contributed by atoms with Gasteiger partial charge in [-0.1, -0.05) is 11.6 Å². The van der Waals surface area contributed by atoms with E-state index in [9.17, 15) is 9.90 Å². The summed E-state index contributed by atoms with van der Waals surface area (Å²) >= 11 is 6.63. The number of nitrogens with zero attached hydrogens (tertiary/aromatic N) is 1. The van der Waals surface area contributed by atoms with E-state index in [0.717, 1.165) is 11.3 Å². The molecule has 0 saturated heterocycles. The highest BCUT2D eigenvalue weighted by Crippen LogP contribution is 2.24. The lowest BCUT2D eigenvalue weighted by molar-refractivity contribution is -0.153. The lowest BCUT2D eigenvalue weighted by atomic mass is 10.4. The Morgan fingerprint density at radius 3 is 3.08 bits per heavy atom. The van der Waals surface area contributed by atoms with Crippen LogP contribution in [0.2, 0.25) is 4.34 Å². The largest absolute Gasteiger partial charge is 0.464 e. The van der Waals surface area contributed by atoms with Crippen LogP contribution in [-0.2, 0) is 9.53 Å². The standard InChI is InChI=1S/C7H8ClNO3S/c1-2-12-7(11)5(10)6-9-3-4(8)13-6/h3,5,10H,2H2,1H3. The molecule has 1 atom stereocenters. The third kappa shape index (κ3) is 2.65. The first-order chi connectivity index (χ1) is 6.15. The molecule has 1 heterocycles. The molecule has 0 aliphatic carbocycles. The fourth-order valence-electron chi connectivity index (χ4n) is 0.715. The van der Waals surface area contributed by atoms with Gasteiger partial charge in [0.15, 0.2) is 0 Å². The highest BCUT2D eigenvalue weighted by Gasteiger charge is 2.21. The fraction of sp³-hybridized carbons (Fsp3) is 0.429. The molecule has 0 radical (unpaired) electrons. The van der Waals surface area contributed by atoms with Crippen molar-refractivity contribution in [1.82, 2.24) is 4.98 Å². The third-order valence-corrected chi connectivity index (χ3v) is 2.41. The van der Waals surface area contributed by atoms with Crippen molar-refractivity contribution in [3.63, 3.8) is 0 Å². The Labute approximate surface area is 84.1 Å². The summed E-state index contributed by atoms with van der Waals surface area (Å²) in [5, 5.41) is 9.60. The van der Waals surface area contributed by atoms with E-state index in [4.69, 9.17) is 11.6 Å². The molecule has 0 aliphatic rings. The van der Waals surface area contributed by atoms with Gasteiger partial charge >= 0.3 is 5.97 Å². The molecule has 13 heavy (non-hydrogen) atoms. The molecule has 1 rings (SSSR count). The maximum atomic E-state index is 11.0. The van der Waals surface area contributed by atoms with Gasteiger partial charge in [-0.2, -0.15) is 0 Å². The predicted octanol–water partition coefficient (Wildman–Crippen LogP) is 1.39. The zero-order valence-electron chi connectivity index (χ0n) is 6.86. The van der Waals surface area contributed by atoms with E-state index in [1.54, 1.807) is 6.92 Å². The number of rotatable bonds is 3. The highest BCUT2D eigenvalue weighted by molar-refractivity contribution is 7.15. The van der Waals surface area contributed by atoms with Crippen LogP contribution in [0, 0.1) is 0 Å². The van der Waals surface area contributed by atoms with Crippen LogP contribution in [0.5, 0.6) is 0 Å². The Kier molecular flexibility index (Phi) is 3.65. The van der Waals surface area contributed by atoms with Crippen molar-refractivity contribution in [2.24, 2.45) is 0 Å². The fourth-order valence-corrected chi connectivity index (χ4v) is 1.62. The van der Waals surface area contributed by atoms with Gasteiger partial charge in [-0.25, -0.2) is 9.78 Å². The SMILES string of the molecule is CCOC(=O)C(O)c1ncc(Cl)s1. The number of aliphatic hydroxyl groups excluding tert-OH is 1. The summed E-state index contributed by atoms with van der Waals surface area (Å²) in [7, 11) is 0. The topological polar surface area (TPSA) is 59.4 Å². The van der Waals surface area contributed by atoms with Gasteiger partial charge in [0.1, 0.15) is 9.34 Å². The number of esters is 1. The number of thiazole rings is 1. The number of aromatic nitrogens is 1. The van der Waals surface area contributed by atoms with Gasteiger partial charge in [-0.3, -0.25) is 0 Å². The Hall–Kier alpha value is -0.650. The molecular formula is C7H8ClNO3S. The van der Waals surface area contributed by atoms with E-state index in [2.05, 4.69) is 9.72 Å². The minimum atomic E-state index is -1.32. The first kappa shape index (κ1) is 10.4. The normalized spacial score (nSPS) is 12.5. The van der Waals surface area contributed by atoms with E-state index in [0.29, 0.717) is 4.34 Å². The zero-order valence-corrected chi connectivity index (χ0v) is 8.43. The molecular weight excluding hydrogens is 214 g/mol. The number of hydrogen-bond acceptors (Lipinski definition) is 5. The smallest absolute Gasteiger partial charge is 0.342 e.